The molecule has 0 aliphatic carbocycles. The van der Waals surface area contributed by atoms with Crippen LogP contribution in [0, 0.1) is 5.92 Å². The Morgan fingerprint density at radius 2 is 2.41 bits per heavy atom. The molecule has 2 N–H and O–H groups in total. The summed E-state index contributed by atoms with van der Waals surface area (Å²) in [5.41, 5.74) is 0.890. The number of piperidine rings is 1. The van der Waals surface area contributed by atoms with Crippen molar-refractivity contribution < 1.29 is 10.2 Å². The van der Waals surface area contributed by atoms with Gasteiger partial charge in [0.05, 0.1) is 6.10 Å². The van der Waals surface area contributed by atoms with Gasteiger partial charge in [0.25, 0.3) is 0 Å². The van der Waals surface area contributed by atoms with E-state index in [9.17, 15) is 10.2 Å². The summed E-state index contributed by atoms with van der Waals surface area (Å²) in [5.74, 6) is 1.25. The second-order valence-corrected chi connectivity index (χ2v) is 4.76. The Bertz CT molecular complexity index is 368. The first-order valence-corrected chi connectivity index (χ1v) is 6.20. The van der Waals surface area contributed by atoms with Crippen molar-refractivity contribution in [3.63, 3.8) is 0 Å². The second kappa shape index (κ2) is 5.47. The number of rotatable bonds is 3. The van der Waals surface area contributed by atoms with Crippen LogP contribution in [0.15, 0.2) is 18.3 Å². The van der Waals surface area contributed by atoms with E-state index in [1.807, 2.05) is 12.1 Å². The predicted octanol–water partition coefficient (Wildman–Crippen LogP) is 1.34. The minimum absolute atomic E-state index is 0.243. The van der Waals surface area contributed by atoms with Crippen molar-refractivity contribution in [2.75, 3.05) is 24.6 Å². The lowest BCUT2D eigenvalue weighted by Gasteiger charge is -2.33. The fourth-order valence-electron chi connectivity index (χ4n) is 2.29. The third-order valence-corrected chi connectivity index (χ3v) is 3.35. The lowest BCUT2D eigenvalue weighted by molar-refractivity contribution is 0.199. The highest BCUT2D eigenvalue weighted by atomic mass is 16.3. The molecule has 1 aliphatic heterocycles. The van der Waals surface area contributed by atoms with E-state index in [-0.39, 0.29) is 6.61 Å². The molecule has 4 nitrogen and oxygen atoms in total. The lowest BCUT2D eigenvalue weighted by Crippen LogP contribution is -2.37. The molecule has 1 aromatic heterocycles. The van der Waals surface area contributed by atoms with Crippen molar-refractivity contribution in [1.82, 2.24) is 4.98 Å². The Balaban J connectivity index is 2.13. The van der Waals surface area contributed by atoms with E-state index in [2.05, 4.69) is 9.88 Å². The van der Waals surface area contributed by atoms with Gasteiger partial charge in [-0.2, -0.15) is 0 Å². The van der Waals surface area contributed by atoms with Crippen LogP contribution in [-0.4, -0.2) is 34.9 Å². The van der Waals surface area contributed by atoms with E-state index < -0.39 is 6.10 Å². The summed E-state index contributed by atoms with van der Waals surface area (Å²) in [6, 6.07) is 3.77. The highest BCUT2D eigenvalue weighted by Gasteiger charge is 2.20. The molecular formula is C13H20N2O2. The maximum atomic E-state index is 9.56. The molecule has 1 aromatic rings. The van der Waals surface area contributed by atoms with Gasteiger partial charge >= 0.3 is 0 Å². The molecule has 0 aromatic carbocycles. The number of nitrogens with zero attached hydrogens (tertiary/aromatic N) is 2. The van der Waals surface area contributed by atoms with Crippen LogP contribution in [0.3, 0.4) is 0 Å². The SMILES string of the molecule is C[C@@H](O)c1ccnc(N2CCCC(CO)C2)c1. The van der Waals surface area contributed by atoms with Crippen LogP contribution in [0.2, 0.25) is 0 Å². The van der Waals surface area contributed by atoms with Gasteiger partial charge < -0.3 is 15.1 Å². The summed E-state index contributed by atoms with van der Waals surface area (Å²) in [6.45, 7) is 3.83. The number of hydrogen-bond donors (Lipinski definition) is 2. The molecule has 2 atom stereocenters. The molecule has 1 unspecified atom stereocenters. The van der Waals surface area contributed by atoms with Crippen LogP contribution in [0.25, 0.3) is 0 Å². The molecule has 0 saturated carbocycles. The van der Waals surface area contributed by atoms with Crippen LogP contribution in [-0.2, 0) is 0 Å². The summed E-state index contributed by atoms with van der Waals surface area (Å²) in [5, 5.41) is 18.8. The zero-order chi connectivity index (χ0) is 12.3. The van der Waals surface area contributed by atoms with Gasteiger partial charge in [-0.3, -0.25) is 0 Å². The molecule has 0 radical (unpaired) electrons. The van der Waals surface area contributed by atoms with Crippen molar-refractivity contribution >= 4 is 5.82 Å². The van der Waals surface area contributed by atoms with Gasteiger partial charge in [-0.1, -0.05) is 0 Å². The fraction of sp³-hybridized carbons (Fsp3) is 0.615. The van der Waals surface area contributed by atoms with Gasteiger partial charge in [-0.15, -0.1) is 0 Å². The van der Waals surface area contributed by atoms with Crippen LogP contribution < -0.4 is 4.90 Å². The number of aliphatic hydroxyl groups is 2. The third-order valence-electron chi connectivity index (χ3n) is 3.35. The van der Waals surface area contributed by atoms with Gasteiger partial charge in [0, 0.05) is 25.9 Å². The van der Waals surface area contributed by atoms with E-state index >= 15 is 0 Å². The lowest BCUT2D eigenvalue weighted by atomic mass is 9.99. The number of anilines is 1. The number of aliphatic hydroxyl groups excluding tert-OH is 2. The molecule has 0 bridgehead atoms. The van der Waals surface area contributed by atoms with Crippen LogP contribution in [0.5, 0.6) is 0 Å². The van der Waals surface area contributed by atoms with Crippen molar-refractivity contribution in [2.24, 2.45) is 5.92 Å². The summed E-state index contributed by atoms with van der Waals surface area (Å²) < 4.78 is 0. The van der Waals surface area contributed by atoms with Crippen molar-refractivity contribution in [1.29, 1.82) is 0 Å². The Kier molecular flexibility index (Phi) is 3.97. The smallest absolute Gasteiger partial charge is 0.128 e. The minimum Gasteiger partial charge on any atom is -0.396 e. The standard InChI is InChI=1S/C13H20N2O2/c1-10(17)12-4-5-14-13(7-12)15-6-2-3-11(8-15)9-16/h4-5,7,10-11,16-17H,2-3,6,8-9H2,1H3/t10-,11?/m1/s1. The Labute approximate surface area is 102 Å². The molecule has 17 heavy (non-hydrogen) atoms. The van der Waals surface area contributed by atoms with Crippen LogP contribution in [0.1, 0.15) is 31.4 Å². The van der Waals surface area contributed by atoms with Gasteiger partial charge in [0.2, 0.25) is 0 Å². The Morgan fingerprint density at radius 1 is 1.59 bits per heavy atom. The molecule has 0 spiro atoms. The first-order chi connectivity index (χ1) is 8.20. The van der Waals surface area contributed by atoms with E-state index in [1.165, 1.54) is 0 Å². The van der Waals surface area contributed by atoms with Crippen LogP contribution >= 0.6 is 0 Å². The molecule has 1 aliphatic rings. The van der Waals surface area contributed by atoms with Gasteiger partial charge in [0.1, 0.15) is 5.82 Å². The fourth-order valence-corrected chi connectivity index (χ4v) is 2.29. The molecular weight excluding hydrogens is 216 g/mol. The van der Waals surface area contributed by atoms with Gasteiger partial charge in [-0.25, -0.2) is 4.98 Å². The van der Waals surface area contributed by atoms with Gasteiger partial charge in [-0.05, 0) is 43.4 Å². The van der Waals surface area contributed by atoms with Gasteiger partial charge in [0.15, 0.2) is 0 Å². The van der Waals surface area contributed by atoms with Crippen LogP contribution in [0.4, 0.5) is 5.82 Å². The quantitative estimate of drug-likeness (QED) is 0.831. The topological polar surface area (TPSA) is 56.6 Å². The number of hydrogen-bond acceptors (Lipinski definition) is 4. The van der Waals surface area contributed by atoms with E-state index in [0.29, 0.717) is 5.92 Å². The highest BCUT2D eigenvalue weighted by molar-refractivity contribution is 5.42. The summed E-state index contributed by atoms with van der Waals surface area (Å²) in [6.07, 6.45) is 3.45. The maximum Gasteiger partial charge on any atom is 0.128 e. The number of aromatic nitrogens is 1. The molecule has 94 valence electrons. The summed E-state index contributed by atoms with van der Waals surface area (Å²) in [7, 11) is 0. The Morgan fingerprint density at radius 3 is 3.12 bits per heavy atom. The first-order valence-electron chi connectivity index (χ1n) is 6.20. The maximum absolute atomic E-state index is 9.56. The molecule has 2 heterocycles. The normalized spacial score (nSPS) is 22.5. The summed E-state index contributed by atoms with van der Waals surface area (Å²) in [4.78, 5) is 6.54. The molecule has 1 fully saturated rings. The highest BCUT2D eigenvalue weighted by Crippen LogP contribution is 2.23. The Hall–Kier alpha value is -1.13. The molecule has 1 saturated heterocycles. The molecule has 4 heteroatoms. The van der Waals surface area contributed by atoms with Crippen molar-refractivity contribution in [3.05, 3.63) is 23.9 Å². The molecule has 0 amide bonds. The van der Waals surface area contributed by atoms with E-state index in [4.69, 9.17) is 0 Å². The third kappa shape index (κ3) is 2.96. The first kappa shape index (κ1) is 12.3. The van der Waals surface area contributed by atoms with E-state index in [1.54, 1.807) is 13.1 Å². The van der Waals surface area contributed by atoms with Crippen molar-refractivity contribution in [2.45, 2.75) is 25.9 Å². The average molecular weight is 236 g/mol. The largest absolute Gasteiger partial charge is 0.396 e. The minimum atomic E-state index is -0.463. The molecule has 2 rings (SSSR count). The predicted molar refractivity (Wildman–Crippen MR) is 66.9 cm³/mol. The van der Waals surface area contributed by atoms with E-state index in [0.717, 1.165) is 37.3 Å². The zero-order valence-electron chi connectivity index (χ0n) is 10.2. The zero-order valence-corrected chi connectivity index (χ0v) is 10.2. The monoisotopic (exact) mass is 236 g/mol. The number of pyridine rings is 1. The summed E-state index contributed by atoms with van der Waals surface area (Å²) >= 11 is 0. The van der Waals surface area contributed by atoms with Crippen molar-refractivity contribution in [3.8, 4) is 0 Å². The average Bonchev–Trinajstić information content (AvgIpc) is 2.39. The second-order valence-electron chi connectivity index (χ2n) is 4.76.